The third-order valence-corrected chi connectivity index (χ3v) is 3.47. The summed E-state index contributed by atoms with van der Waals surface area (Å²) in [6.07, 6.45) is 5.53. The molecule has 0 unspecified atom stereocenters. The quantitative estimate of drug-likeness (QED) is 0.548. The fourth-order valence-electron chi connectivity index (χ4n) is 1.85. The number of rotatable bonds is 9. The lowest BCUT2D eigenvalue weighted by Crippen LogP contribution is -2.38. The first-order valence-electron chi connectivity index (χ1n) is 6.36. The van der Waals surface area contributed by atoms with Gasteiger partial charge in [-0.05, 0) is 32.4 Å². The van der Waals surface area contributed by atoms with Gasteiger partial charge in [-0.25, -0.2) is 0 Å². The predicted octanol–water partition coefficient (Wildman–Crippen LogP) is 3.11. The highest BCUT2D eigenvalue weighted by Gasteiger charge is 2.27. The number of hydrogen-bond donors (Lipinski definition) is 0. The van der Waals surface area contributed by atoms with Crippen LogP contribution < -0.4 is 0 Å². The molecule has 0 bridgehead atoms. The molecule has 0 saturated carbocycles. The van der Waals surface area contributed by atoms with E-state index in [-0.39, 0.29) is 5.41 Å². The van der Waals surface area contributed by atoms with Gasteiger partial charge in [0.1, 0.15) is 6.29 Å². The van der Waals surface area contributed by atoms with Crippen molar-refractivity contribution in [3.8, 4) is 0 Å². The molecule has 0 aromatic heterocycles. The predicted molar refractivity (Wildman–Crippen MR) is 66.1 cm³/mol. The Labute approximate surface area is 95.0 Å². The number of carbonyl (C=O) groups is 1. The molecule has 0 aromatic carbocycles. The van der Waals surface area contributed by atoms with Gasteiger partial charge in [0.25, 0.3) is 0 Å². The molecule has 0 heterocycles. The van der Waals surface area contributed by atoms with Gasteiger partial charge in [-0.1, -0.05) is 34.1 Å². The van der Waals surface area contributed by atoms with Crippen molar-refractivity contribution in [2.45, 2.75) is 53.4 Å². The maximum absolute atomic E-state index is 11.2. The summed E-state index contributed by atoms with van der Waals surface area (Å²) >= 11 is 0. The molecule has 0 rings (SSSR count). The molecule has 0 aliphatic heterocycles. The molecular weight excluding hydrogens is 186 g/mol. The number of carbonyl (C=O) groups excluding carboxylic acids is 1. The SMILES string of the molecule is CCCCN(CC)CC(C=O)(CC)CC. The molecule has 0 N–H and O–H groups in total. The molecule has 0 atom stereocenters. The highest BCUT2D eigenvalue weighted by Crippen LogP contribution is 2.24. The molecule has 15 heavy (non-hydrogen) atoms. The van der Waals surface area contributed by atoms with Crippen molar-refractivity contribution >= 4 is 6.29 Å². The Bertz CT molecular complexity index is 164. The van der Waals surface area contributed by atoms with Gasteiger partial charge in [-0.2, -0.15) is 0 Å². The van der Waals surface area contributed by atoms with Gasteiger partial charge < -0.3 is 9.69 Å². The molecule has 0 fully saturated rings. The molecule has 2 heteroatoms. The van der Waals surface area contributed by atoms with Crippen LogP contribution in [-0.2, 0) is 4.79 Å². The summed E-state index contributed by atoms with van der Waals surface area (Å²) in [7, 11) is 0. The van der Waals surface area contributed by atoms with Gasteiger partial charge >= 0.3 is 0 Å². The average molecular weight is 213 g/mol. The van der Waals surface area contributed by atoms with Crippen LogP contribution in [0.5, 0.6) is 0 Å². The van der Waals surface area contributed by atoms with Crippen LogP contribution in [0.15, 0.2) is 0 Å². The van der Waals surface area contributed by atoms with Crippen molar-refractivity contribution < 1.29 is 4.79 Å². The molecule has 0 aromatic rings. The molecular formula is C13H27NO. The van der Waals surface area contributed by atoms with Crippen LogP contribution in [-0.4, -0.2) is 30.8 Å². The normalized spacial score (nSPS) is 12.1. The smallest absolute Gasteiger partial charge is 0.127 e. The van der Waals surface area contributed by atoms with Crippen LogP contribution in [0.2, 0.25) is 0 Å². The highest BCUT2D eigenvalue weighted by atomic mass is 16.1. The first kappa shape index (κ1) is 14.6. The number of unbranched alkanes of at least 4 members (excludes halogenated alkanes) is 1. The van der Waals surface area contributed by atoms with E-state index < -0.39 is 0 Å². The lowest BCUT2D eigenvalue weighted by molar-refractivity contribution is -0.117. The van der Waals surface area contributed by atoms with Gasteiger partial charge in [0.2, 0.25) is 0 Å². The lowest BCUT2D eigenvalue weighted by Gasteiger charge is -2.32. The van der Waals surface area contributed by atoms with E-state index in [2.05, 4.69) is 32.6 Å². The Morgan fingerprint density at radius 2 is 1.73 bits per heavy atom. The monoisotopic (exact) mass is 213 g/mol. The second kappa shape index (κ2) is 7.86. The van der Waals surface area contributed by atoms with E-state index >= 15 is 0 Å². The summed E-state index contributed by atoms with van der Waals surface area (Å²) in [6, 6.07) is 0. The topological polar surface area (TPSA) is 20.3 Å². The second-order valence-electron chi connectivity index (χ2n) is 4.41. The molecule has 90 valence electrons. The zero-order valence-electron chi connectivity index (χ0n) is 10.9. The maximum atomic E-state index is 11.2. The van der Waals surface area contributed by atoms with Gasteiger partial charge in [0, 0.05) is 12.0 Å². The Kier molecular flexibility index (Phi) is 7.67. The van der Waals surface area contributed by atoms with Gasteiger partial charge in [0.05, 0.1) is 0 Å². The van der Waals surface area contributed by atoms with E-state index in [1.54, 1.807) is 0 Å². The third-order valence-electron chi connectivity index (χ3n) is 3.47. The van der Waals surface area contributed by atoms with Crippen LogP contribution in [0, 0.1) is 5.41 Å². The van der Waals surface area contributed by atoms with Gasteiger partial charge in [0.15, 0.2) is 0 Å². The Morgan fingerprint density at radius 1 is 1.13 bits per heavy atom. The van der Waals surface area contributed by atoms with E-state index in [0.717, 1.165) is 32.5 Å². The molecule has 0 aliphatic rings. The Morgan fingerprint density at radius 3 is 2.07 bits per heavy atom. The van der Waals surface area contributed by atoms with E-state index in [4.69, 9.17) is 0 Å². The second-order valence-corrected chi connectivity index (χ2v) is 4.41. The molecule has 2 nitrogen and oxygen atoms in total. The lowest BCUT2D eigenvalue weighted by atomic mass is 9.83. The first-order valence-corrected chi connectivity index (χ1v) is 6.36. The minimum Gasteiger partial charge on any atom is -0.303 e. The molecule has 0 radical (unpaired) electrons. The number of nitrogens with zero attached hydrogens (tertiary/aromatic N) is 1. The van der Waals surface area contributed by atoms with Crippen molar-refractivity contribution in [1.29, 1.82) is 0 Å². The van der Waals surface area contributed by atoms with Crippen LogP contribution >= 0.6 is 0 Å². The van der Waals surface area contributed by atoms with Gasteiger partial charge in [-0.3, -0.25) is 0 Å². The van der Waals surface area contributed by atoms with Crippen molar-refractivity contribution in [2.75, 3.05) is 19.6 Å². The Hall–Kier alpha value is -0.370. The summed E-state index contributed by atoms with van der Waals surface area (Å²) in [5.41, 5.74) is -0.107. The fraction of sp³-hybridized carbons (Fsp3) is 0.923. The largest absolute Gasteiger partial charge is 0.303 e. The van der Waals surface area contributed by atoms with E-state index in [1.165, 1.54) is 19.1 Å². The summed E-state index contributed by atoms with van der Waals surface area (Å²) in [4.78, 5) is 13.6. The van der Waals surface area contributed by atoms with Crippen LogP contribution in [0.4, 0.5) is 0 Å². The molecule has 0 aliphatic carbocycles. The minimum atomic E-state index is -0.107. The minimum absolute atomic E-state index is 0.107. The summed E-state index contributed by atoms with van der Waals surface area (Å²) < 4.78 is 0. The average Bonchev–Trinajstić information content (AvgIpc) is 2.30. The number of aldehydes is 1. The van der Waals surface area contributed by atoms with E-state index in [0.29, 0.717) is 0 Å². The summed E-state index contributed by atoms with van der Waals surface area (Å²) in [5.74, 6) is 0. The summed E-state index contributed by atoms with van der Waals surface area (Å²) in [6.45, 7) is 11.7. The third kappa shape index (κ3) is 4.78. The molecule has 0 saturated heterocycles. The highest BCUT2D eigenvalue weighted by molar-refractivity contribution is 5.59. The standard InChI is InChI=1S/C13H27NO/c1-5-9-10-14(8-4)11-13(6-2,7-3)12-15/h12H,5-11H2,1-4H3. The Balaban J connectivity index is 4.27. The number of hydrogen-bond acceptors (Lipinski definition) is 2. The molecule has 0 spiro atoms. The summed E-state index contributed by atoms with van der Waals surface area (Å²) in [5, 5.41) is 0. The van der Waals surface area contributed by atoms with E-state index in [1.807, 2.05) is 0 Å². The van der Waals surface area contributed by atoms with Gasteiger partial charge in [-0.15, -0.1) is 0 Å². The van der Waals surface area contributed by atoms with Crippen LogP contribution in [0.25, 0.3) is 0 Å². The maximum Gasteiger partial charge on any atom is 0.127 e. The first-order chi connectivity index (χ1) is 7.17. The fourth-order valence-corrected chi connectivity index (χ4v) is 1.85. The van der Waals surface area contributed by atoms with Crippen LogP contribution in [0.3, 0.4) is 0 Å². The molecule has 0 amide bonds. The van der Waals surface area contributed by atoms with Crippen LogP contribution in [0.1, 0.15) is 53.4 Å². The zero-order valence-corrected chi connectivity index (χ0v) is 10.9. The van der Waals surface area contributed by atoms with E-state index in [9.17, 15) is 4.79 Å². The van der Waals surface area contributed by atoms with Crippen molar-refractivity contribution in [1.82, 2.24) is 4.90 Å². The van der Waals surface area contributed by atoms with Crippen molar-refractivity contribution in [2.24, 2.45) is 5.41 Å². The van der Waals surface area contributed by atoms with Crippen molar-refractivity contribution in [3.63, 3.8) is 0 Å². The van der Waals surface area contributed by atoms with Crippen molar-refractivity contribution in [3.05, 3.63) is 0 Å². The zero-order chi connectivity index (χ0) is 11.7.